The van der Waals surface area contributed by atoms with Crippen LogP contribution in [-0.4, -0.2) is 44.2 Å². The number of rotatable bonds is 7. The van der Waals surface area contributed by atoms with E-state index in [2.05, 4.69) is 21.5 Å². The van der Waals surface area contributed by atoms with E-state index in [0.717, 1.165) is 24.8 Å². The van der Waals surface area contributed by atoms with Gasteiger partial charge in [0.2, 0.25) is 5.88 Å². The van der Waals surface area contributed by atoms with E-state index in [1.165, 1.54) is 4.68 Å². The molecule has 1 aliphatic rings. The van der Waals surface area contributed by atoms with E-state index < -0.39 is 6.23 Å². The zero-order valence-corrected chi connectivity index (χ0v) is 16.6. The Bertz CT molecular complexity index is 1050. The molecule has 2 heterocycles. The molecule has 1 aromatic carbocycles. The maximum Gasteiger partial charge on any atom is 0.223 e. The van der Waals surface area contributed by atoms with Gasteiger partial charge in [0.05, 0.1) is 30.0 Å². The number of benzene rings is 1. The number of hydrogen-bond donors (Lipinski definition) is 3. The number of aliphatic hydroxyl groups excluding tert-OH is 1. The molecule has 1 saturated carbocycles. The van der Waals surface area contributed by atoms with Gasteiger partial charge in [-0.1, -0.05) is 12.1 Å². The van der Waals surface area contributed by atoms with Gasteiger partial charge >= 0.3 is 0 Å². The van der Waals surface area contributed by atoms with Crippen LogP contribution in [0.15, 0.2) is 48.8 Å². The second-order valence-corrected chi connectivity index (χ2v) is 7.55. The maximum absolute atomic E-state index is 10.6. The van der Waals surface area contributed by atoms with Crippen LogP contribution in [-0.2, 0) is 4.74 Å². The van der Waals surface area contributed by atoms with Crippen LogP contribution in [0.25, 0.3) is 16.9 Å². The molecule has 8 nitrogen and oxygen atoms in total. The summed E-state index contributed by atoms with van der Waals surface area (Å²) in [5.74, 6) is 0.380. The van der Waals surface area contributed by atoms with Gasteiger partial charge in [-0.25, -0.2) is 4.98 Å². The van der Waals surface area contributed by atoms with E-state index in [-0.39, 0.29) is 11.4 Å². The maximum atomic E-state index is 10.6. The molecule has 2 aromatic heterocycles. The van der Waals surface area contributed by atoms with Gasteiger partial charge in [-0.3, -0.25) is 5.32 Å². The van der Waals surface area contributed by atoms with Gasteiger partial charge in [-0.05, 0) is 49.1 Å². The average molecular weight is 405 g/mol. The van der Waals surface area contributed by atoms with E-state index in [1.807, 2.05) is 0 Å². The lowest BCUT2D eigenvalue weighted by atomic mass is 9.77. The fourth-order valence-electron chi connectivity index (χ4n) is 3.71. The van der Waals surface area contributed by atoms with E-state index in [9.17, 15) is 10.2 Å². The molecule has 0 radical (unpaired) electrons. The molecule has 0 spiro atoms. The van der Waals surface area contributed by atoms with E-state index >= 15 is 0 Å². The fraction of sp³-hybridized carbons (Fsp3) is 0.318. The van der Waals surface area contributed by atoms with Crippen molar-refractivity contribution in [1.29, 1.82) is 5.26 Å². The minimum atomic E-state index is -0.859. The highest BCUT2D eigenvalue weighted by atomic mass is 16.5. The van der Waals surface area contributed by atoms with Crippen molar-refractivity contribution < 1.29 is 14.9 Å². The molecule has 0 bridgehead atoms. The summed E-state index contributed by atoms with van der Waals surface area (Å²) < 4.78 is 6.61. The third kappa shape index (κ3) is 3.78. The number of aromatic hydroxyl groups is 1. The van der Waals surface area contributed by atoms with Crippen LogP contribution in [0.4, 0.5) is 0 Å². The summed E-state index contributed by atoms with van der Waals surface area (Å²) in [5, 5.41) is 37.6. The molecule has 30 heavy (non-hydrogen) atoms. The number of nitriles is 1. The van der Waals surface area contributed by atoms with E-state index in [1.54, 1.807) is 55.9 Å². The van der Waals surface area contributed by atoms with Gasteiger partial charge < -0.3 is 14.9 Å². The van der Waals surface area contributed by atoms with Crippen molar-refractivity contribution in [3.8, 4) is 28.9 Å². The van der Waals surface area contributed by atoms with Crippen molar-refractivity contribution in [3.05, 3.63) is 59.9 Å². The van der Waals surface area contributed by atoms with E-state index in [4.69, 9.17) is 10.00 Å². The van der Waals surface area contributed by atoms with E-state index in [0.29, 0.717) is 29.1 Å². The molecular weight excluding hydrogens is 382 g/mol. The van der Waals surface area contributed by atoms with Crippen LogP contribution in [0.5, 0.6) is 5.88 Å². The van der Waals surface area contributed by atoms with Crippen molar-refractivity contribution >= 4 is 0 Å². The number of nitrogens with zero attached hydrogens (tertiary/aromatic N) is 4. The SMILES string of the molecule is COCC1(NC(O)c2ccc(-n3ncc(-c4ccc(C#N)cc4)c3O)nc2)CCC1. The first kappa shape index (κ1) is 20.0. The first-order valence-electron chi connectivity index (χ1n) is 9.74. The van der Waals surface area contributed by atoms with Gasteiger partial charge in [0.15, 0.2) is 5.82 Å². The van der Waals surface area contributed by atoms with Crippen molar-refractivity contribution in [2.75, 3.05) is 13.7 Å². The second-order valence-electron chi connectivity index (χ2n) is 7.55. The van der Waals surface area contributed by atoms with Crippen LogP contribution in [0.2, 0.25) is 0 Å². The van der Waals surface area contributed by atoms with Gasteiger partial charge in [-0.15, -0.1) is 0 Å². The van der Waals surface area contributed by atoms with Crippen LogP contribution >= 0.6 is 0 Å². The number of methoxy groups -OCH3 is 1. The summed E-state index contributed by atoms with van der Waals surface area (Å²) in [4.78, 5) is 4.35. The smallest absolute Gasteiger partial charge is 0.223 e. The molecule has 0 aliphatic heterocycles. The predicted molar refractivity (Wildman–Crippen MR) is 110 cm³/mol. The molecular formula is C22H23N5O3. The normalized spacial score (nSPS) is 15.9. The molecule has 0 amide bonds. The Kier molecular flexibility index (Phi) is 5.50. The number of aliphatic hydroxyl groups is 1. The monoisotopic (exact) mass is 405 g/mol. The summed E-state index contributed by atoms with van der Waals surface area (Å²) in [5.41, 5.74) is 2.27. The highest BCUT2D eigenvalue weighted by Gasteiger charge is 2.38. The van der Waals surface area contributed by atoms with Gasteiger partial charge in [0.1, 0.15) is 6.23 Å². The fourth-order valence-corrected chi connectivity index (χ4v) is 3.71. The quantitative estimate of drug-likeness (QED) is 0.518. The Hall–Kier alpha value is -3.25. The molecule has 1 unspecified atom stereocenters. The van der Waals surface area contributed by atoms with Crippen molar-refractivity contribution in [2.45, 2.75) is 31.0 Å². The molecule has 8 heteroatoms. The highest BCUT2D eigenvalue weighted by Crippen LogP contribution is 2.34. The molecule has 1 atom stereocenters. The Morgan fingerprint density at radius 1 is 1.23 bits per heavy atom. The number of aromatic nitrogens is 3. The highest BCUT2D eigenvalue weighted by molar-refractivity contribution is 5.69. The zero-order valence-electron chi connectivity index (χ0n) is 16.6. The summed E-state index contributed by atoms with van der Waals surface area (Å²) in [6.45, 7) is 0.550. The van der Waals surface area contributed by atoms with Gasteiger partial charge in [0, 0.05) is 24.4 Å². The minimum absolute atomic E-state index is 0.0489. The Morgan fingerprint density at radius 3 is 2.57 bits per heavy atom. The Morgan fingerprint density at radius 2 is 2.00 bits per heavy atom. The number of hydrogen-bond acceptors (Lipinski definition) is 7. The summed E-state index contributed by atoms with van der Waals surface area (Å²) in [6.07, 6.45) is 5.29. The lowest BCUT2D eigenvalue weighted by Crippen LogP contribution is -2.55. The minimum Gasteiger partial charge on any atom is -0.493 e. The first-order valence-corrected chi connectivity index (χ1v) is 9.74. The molecule has 154 valence electrons. The number of pyridine rings is 1. The first-order chi connectivity index (χ1) is 14.5. The van der Waals surface area contributed by atoms with Crippen LogP contribution in [0, 0.1) is 11.3 Å². The lowest BCUT2D eigenvalue weighted by molar-refractivity contribution is 0.00157. The molecule has 3 aromatic rings. The van der Waals surface area contributed by atoms with Gasteiger partial charge in [0.25, 0.3) is 0 Å². The summed E-state index contributed by atoms with van der Waals surface area (Å²) in [7, 11) is 1.66. The van der Waals surface area contributed by atoms with Crippen LogP contribution in [0.1, 0.15) is 36.6 Å². The average Bonchev–Trinajstić information content (AvgIpc) is 3.13. The molecule has 1 aliphatic carbocycles. The predicted octanol–water partition coefficient (Wildman–Crippen LogP) is 2.66. The van der Waals surface area contributed by atoms with Crippen molar-refractivity contribution in [2.24, 2.45) is 0 Å². The largest absolute Gasteiger partial charge is 0.493 e. The number of nitrogens with one attached hydrogen (secondary N) is 1. The topological polar surface area (TPSA) is 116 Å². The lowest BCUT2D eigenvalue weighted by Gasteiger charge is -2.43. The summed E-state index contributed by atoms with van der Waals surface area (Å²) in [6, 6.07) is 12.4. The van der Waals surface area contributed by atoms with Gasteiger partial charge in [-0.2, -0.15) is 15.0 Å². The van der Waals surface area contributed by atoms with Crippen LogP contribution in [0.3, 0.4) is 0 Å². The summed E-state index contributed by atoms with van der Waals surface area (Å²) >= 11 is 0. The molecule has 3 N–H and O–H groups in total. The number of ether oxygens (including phenoxy) is 1. The van der Waals surface area contributed by atoms with Crippen molar-refractivity contribution in [3.63, 3.8) is 0 Å². The Balaban J connectivity index is 1.51. The standard InChI is InChI=1S/C22H23N5O3/c1-30-14-22(9-2-10-22)26-20(28)17-7-8-19(24-12-17)27-21(29)18(13-25-27)16-5-3-15(11-23)4-6-16/h3-8,12-13,20,26,28-29H,2,9-10,14H2,1H3. The third-order valence-electron chi connectivity index (χ3n) is 5.55. The molecule has 1 fully saturated rings. The molecule has 0 saturated heterocycles. The Labute approximate surface area is 174 Å². The second kappa shape index (κ2) is 8.24. The third-order valence-corrected chi connectivity index (χ3v) is 5.55. The van der Waals surface area contributed by atoms with Crippen LogP contribution < -0.4 is 5.32 Å². The van der Waals surface area contributed by atoms with Crippen molar-refractivity contribution in [1.82, 2.24) is 20.1 Å². The zero-order chi connectivity index (χ0) is 21.1. The molecule has 4 rings (SSSR count).